The molecule has 0 aliphatic heterocycles. The first kappa shape index (κ1) is 14.4. The maximum Gasteiger partial charge on any atom is 0.133 e. The number of Topliss-reactive ketones (excluding diaryl/α,β-unsaturated/α-hetero) is 1. The second-order valence-electron chi connectivity index (χ2n) is 6.13. The average Bonchev–Trinajstić information content (AvgIpc) is 2.28. The van der Waals surface area contributed by atoms with Crippen molar-refractivity contribution < 1.29 is 9.59 Å². The summed E-state index contributed by atoms with van der Waals surface area (Å²) in [6, 6.07) is 0. The van der Waals surface area contributed by atoms with Crippen LogP contribution >= 0.6 is 0 Å². The highest BCUT2D eigenvalue weighted by Gasteiger charge is 2.26. The summed E-state index contributed by atoms with van der Waals surface area (Å²) < 4.78 is 0. The minimum atomic E-state index is 0.282. The molecule has 17 heavy (non-hydrogen) atoms. The summed E-state index contributed by atoms with van der Waals surface area (Å²) in [7, 11) is 0. The van der Waals surface area contributed by atoms with E-state index in [0.717, 1.165) is 38.4 Å². The molecule has 98 valence electrons. The zero-order valence-corrected chi connectivity index (χ0v) is 11.4. The molecule has 2 nitrogen and oxygen atoms in total. The molecule has 0 amide bonds. The van der Waals surface area contributed by atoms with Crippen molar-refractivity contribution in [2.24, 2.45) is 23.7 Å². The lowest BCUT2D eigenvalue weighted by atomic mass is 9.75. The lowest BCUT2D eigenvalue weighted by Gasteiger charge is -2.30. The third kappa shape index (κ3) is 5.01. The van der Waals surface area contributed by atoms with E-state index >= 15 is 0 Å². The molecule has 0 aromatic heterocycles. The molecule has 0 radical (unpaired) electrons. The van der Waals surface area contributed by atoms with Gasteiger partial charge in [-0.2, -0.15) is 0 Å². The van der Waals surface area contributed by atoms with Gasteiger partial charge in [0.1, 0.15) is 12.1 Å². The Balaban J connectivity index is 2.31. The molecule has 1 fully saturated rings. The number of hydrogen-bond acceptors (Lipinski definition) is 2. The Morgan fingerprint density at radius 1 is 1.12 bits per heavy atom. The van der Waals surface area contributed by atoms with Crippen LogP contribution in [0.15, 0.2) is 0 Å². The lowest BCUT2D eigenvalue weighted by Crippen LogP contribution is -2.22. The van der Waals surface area contributed by atoms with Crippen molar-refractivity contribution in [3.8, 4) is 0 Å². The number of aldehydes is 1. The summed E-state index contributed by atoms with van der Waals surface area (Å²) in [5, 5.41) is 0. The molecule has 0 aromatic carbocycles. The number of hydrogen-bond donors (Lipinski definition) is 0. The van der Waals surface area contributed by atoms with E-state index in [9.17, 15) is 9.59 Å². The second kappa shape index (κ2) is 6.93. The van der Waals surface area contributed by atoms with Crippen molar-refractivity contribution in [2.75, 3.05) is 0 Å². The Kier molecular flexibility index (Phi) is 5.87. The van der Waals surface area contributed by atoms with E-state index in [1.807, 2.05) is 0 Å². The van der Waals surface area contributed by atoms with Crippen molar-refractivity contribution in [3.05, 3.63) is 0 Å². The van der Waals surface area contributed by atoms with E-state index in [0.29, 0.717) is 30.0 Å². The number of rotatable bonds is 6. The SMILES string of the molecule is CC(C)CC(=O)CC(C)C1CCC(C=O)CC1. The zero-order chi connectivity index (χ0) is 12.8. The van der Waals surface area contributed by atoms with Crippen LogP contribution in [0.5, 0.6) is 0 Å². The topological polar surface area (TPSA) is 34.1 Å². The number of carbonyl (C=O) groups is 2. The predicted octanol–water partition coefficient (Wildman–Crippen LogP) is 3.63. The molecule has 2 heteroatoms. The van der Waals surface area contributed by atoms with Crippen LogP contribution in [0.3, 0.4) is 0 Å². The molecule has 1 saturated carbocycles. The summed E-state index contributed by atoms with van der Waals surface area (Å²) in [4.78, 5) is 22.5. The molecule has 1 unspecified atom stereocenters. The first-order valence-electron chi connectivity index (χ1n) is 7.00. The molecular weight excluding hydrogens is 212 g/mol. The normalized spacial score (nSPS) is 26.8. The third-order valence-corrected chi connectivity index (χ3v) is 4.00. The molecule has 0 saturated heterocycles. The van der Waals surface area contributed by atoms with Crippen molar-refractivity contribution in [3.63, 3.8) is 0 Å². The molecule has 1 aliphatic rings. The van der Waals surface area contributed by atoms with E-state index in [4.69, 9.17) is 0 Å². The average molecular weight is 238 g/mol. The van der Waals surface area contributed by atoms with Crippen LogP contribution < -0.4 is 0 Å². The van der Waals surface area contributed by atoms with Gasteiger partial charge in [0.25, 0.3) is 0 Å². The highest BCUT2D eigenvalue weighted by molar-refractivity contribution is 5.78. The Labute approximate surface area is 105 Å². The molecule has 0 heterocycles. The van der Waals surface area contributed by atoms with Crippen molar-refractivity contribution in [2.45, 2.75) is 59.3 Å². The fraction of sp³-hybridized carbons (Fsp3) is 0.867. The van der Waals surface area contributed by atoms with Gasteiger partial charge in [0, 0.05) is 18.8 Å². The Morgan fingerprint density at radius 2 is 1.71 bits per heavy atom. The van der Waals surface area contributed by atoms with Crippen molar-refractivity contribution in [1.82, 2.24) is 0 Å². The number of ketones is 1. The van der Waals surface area contributed by atoms with Crippen molar-refractivity contribution >= 4 is 12.1 Å². The van der Waals surface area contributed by atoms with E-state index in [-0.39, 0.29) is 5.92 Å². The molecule has 1 aliphatic carbocycles. The Bertz CT molecular complexity index is 250. The molecule has 0 spiro atoms. The standard InChI is InChI=1S/C15H26O2/c1-11(2)8-15(17)9-12(3)14-6-4-13(10-16)5-7-14/h10-14H,4-9H2,1-3H3. The minimum absolute atomic E-state index is 0.282. The molecule has 0 N–H and O–H groups in total. The van der Waals surface area contributed by atoms with Crippen LogP contribution in [0.2, 0.25) is 0 Å². The summed E-state index contributed by atoms with van der Waals surface area (Å²) in [6.45, 7) is 6.39. The Hall–Kier alpha value is -0.660. The largest absolute Gasteiger partial charge is 0.303 e. The zero-order valence-electron chi connectivity index (χ0n) is 11.4. The summed E-state index contributed by atoms with van der Waals surface area (Å²) in [6.07, 6.45) is 6.85. The van der Waals surface area contributed by atoms with E-state index in [2.05, 4.69) is 20.8 Å². The number of carbonyl (C=O) groups excluding carboxylic acids is 2. The van der Waals surface area contributed by atoms with Crippen LogP contribution in [0, 0.1) is 23.7 Å². The van der Waals surface area contributed by atoms with Crippen LogP contribution in [0.25, 0.3) is 0 Å². The van der Waals surface area contributed by atoms with E-state index < -0.39 is 0 Å². The molecule has 0 bridgehead atoms. The first-order chi connectivity index (χ1) is 8.02. The predicted molar refractivity (Wildman–Crippen MR) is 69.8 cm³/mol. The van der Waals surface area contributed by atoms with Gasteiger partial charge in [-0.1, -0.05) is 20.8 Å². The molecule has 1 atom stereocenters. The van der Waals surface area contributed by atoms with Gasteiger partial charge in [0.15, 0.2) is 0 Å². The highest BCUT2D eigenvalue weighted by atomic mass is 16.1. The monoisotopic (exact) mass is 238 g/mol. The van der Waals surface area contributed by atoms with Gasteiger partial charge in [0.2, 0.25) is 0 Å². The van der Waals surface area contributed by atoms with Gasteiger partial charge in [-0.25, -0.2) is 0 Å². The van der Waals surface area contributed by atoms with E-state index in [1.165, 1.54) is 0 Å². The Morgan fingerprint density at radius 3 is 2.18 bits per heavy atom. The summed E-state index contributed by atoms with van der Waals surface area (Å²) in [5.74, 6) is 2.31. The minimum Gasteiger partial charge on any atom is -0.303 e. The van der Waals surface area contributed by atoms with Gasteiger partial charge in [-0.3, -0.25) is 4.79 Å². The molecular formula is C15H26O2. The van der Waals surface area contributed by atoms with Crippen molar-refractivity contribution in [1.29, 1.82) is 0 Å². The second-order valence-corrected chi connectivity index (χ2v) is 6.13. The van der Waals surface area contributed by atoms with Gasteiger partial charge >= 0.3 is 0 Å². The maximum absolute atomic E-state index is 11.8. The van der Waals surface area contributed by atoms with Gasteiger partial charge in [0.05, 0.1) is 0 Å². The summed E-state index contributed by atoms with van der Waals surface area (Å²) >= 11 is 0. The van der Waals surface area contributed by atoms with Gasteiger partial charge < -0.3 is 4.79 Å². The summed E-state index contributed by atoms with van der Waals surface area (Å²) in [5.41, 5.74) is 0. The maximum atomic E-state index is 11.8. The molecule has 1 rings (SSSR count). The smallest absolute Gasteiger partial charge is 0.133 e. The van der Waals surface area contributed by atoms with Gasteiger partial charge in [-0.05, 0) is 43.4 Å². The highest BCUT2D eigenvalue weighted by Crippen LogP contribution is 2.34. The quantitative estimate of drug-likeness (QED) is 0.662. The van der Waals surface area contributed by atoms with Gasteiger partial charge in [-0.15, -0.1) is 0 Å². The lowest BCUT2D eigenvalue weighted by molar-refractivity contribution is -0.121. The molecule has 0 aromatic rings. The fourth-order valence-electron chi connectivity index (χ4n) is 2.91. The van der Waals surface area contributed by atoms with Crippen LogP contribution in [0.4, 0.5) is 0 Å². The third-order valence-electron chi connectivity index (χ3n) is 4.00. The van der Waals surface area contributed by atoms with Crippen LogP contribution in [0.1, 0.15) is 59.3 Å². The van der Waals surface area contributed by atoms with E-state index in [1.54, 1.807) is 0 Å². The first-order valence-corrected chi connectivity index (χ1v) is 7.00. The fourth-order valence-corrected chi connectivity index (χ4v) is 2.91. The van der Waals surface area contributed by atoms with Crippen LogP contribution in [-0.2, 0) is 9.59 Å². The van der Waals surface area contributed by atoms with Crippen LogP contribution in [-0.4, -0.2) is 12.1 Å².